The second-order valence-electron chi connectivity index (χ2n) is 16.9. The average molecular weight is 923 g/mol. The number of nitrogens with zero attached hydrogens (tertiary/aromatic N) is 3. The molecule has 0 saturated carbocycles. The van der Waals surface area contributed by atoms with Crippen LogP contribution in [0.5, 0.6) is 0 Å². The Kier molecular flexibility index (Phi) is 27.8. The van der Waals surface area contributed by atoms with Gasteiger partial charge in [0.15, 0.2) is 23.7 Å². The van der Waals surface area contributed by atoms with Crippen molar-refractivity contribution in [2.75, 3.05) is 39.3 Å². The van der Waals surface area contributed by atoms with Gasteiger partial charge in [0.2, 0.25) is 41.4 Å². The van der Waals surface area contributed by atoms with Crippen LogP contribution in [0.2, 0.25) is 0 Å². The van der Waals surface area contributed by atoms with Gasteiger partial charge in [0.25, 0.3) is 0 Å². The lowest BCUT2D eigenvalue weighted by Crippen LogP contribution is -2.57. The number of aliphatic imine (C=N–C) groups is 3. The van der Waals surface area contributed by atoms with Gasteiger partial charge in [-0.15, -0.1) is 0 Å². The van der Waals surface area contributed by atoms with E-state index in [4.69, 9.17) is 34.4 Å². The second-order valence-corrected chi connectivity index (χ2v) is 16.9. The molecule has 0 rings (SSSR count). The molecule has 0 radical (unpaired) electrons. The van der Waals surface area contributed by atoms with Crippen molar-refractivity contribution in [1.29, 1.82) is 0 Å². The normalized spacial score (nSPS) is 13.0. The molecule has 0 aliphatic carbocycles. The summed E-state index contributed by atoms with van der Waals surface area (Å²) in [4.78, 5) is 116. The van der Waals surface area contributed by atoms with Crippen LogP contribution in [-0.4, -0.2) is 128 Å². The van der Waals surface area contributed by atoms with E-state index in [1.807, 2.05) is 27.7 Å². The number of amides is 7. The summed E-state index contributed by atoms with van der Waals surface area (Å²) >= 11 is 0. The van der Waals surface area contributed by atoms with E-state index in [-0.39, 0.29) is 93.6 Å². The molecule has 24 heteroatoms. The number of rotatable bonds is 33. The number of ketones is 1. The van der Waals surface area contributed by atoms with Crippen LogP contribution in [0.15, 0.2) is 15.0 Å². The molecule has 0 saturated heterocycles. The predicted octanol–water partition coefficient (Wildman–Crippen LogP) is -2.93. The largest absolute Gasteiger partial charge is 0.370 e. The maximum absolute atomic E-state index is 14.0. The van der Waals surface area contributed by atoms with E-state index < -0.39 is 77.6 Å². The molecule has 0 aromatic heterocycles. The molecule has 0 aliphatic heterocycles. The van der Waals surface area contributed by atoms with E-state index in [0.717, 1.165) is 0 Å². The van der Waals surface area contributed by atoms with Crippen molar-refractivity contribution in [3.05, 3.63) is 0 Å². The molecule has 0 aromatic carbocycles. The summed E-state index contributed by atoms with van der Waals surface area (Å²) in [6, 6.07) is -4.61. The summed E-state index contributed by atoms with van der Waals surface area (Å²) < 4.78 is 0. The van der Waals surface area contributed by atoms with Gasteiger partial charge in [-0.05, 0) is 77.6 Å². The highest BCUT2D eigenvalue weighted by molar-refractivity contribution is 5.96. The zero-order valence-electron chi connectivity index (χ0n) is 39.4. The molecule has 4 unspecified atom stereocenters. The summed E-state index contributed by atoms with van der Waals surface area (Å²) in [5.41, 5.74) is 31.5. The maximum atomic E-state index is 14.0. The first kappa shape index (κ1) is 58.8. The minimum Gasteiger partial charge on any atom is -0.370 e. The van der Waals surface area contributed by atoms with E-state index in [1.54, 1.807) is 13.8 Å². The van der Waals surface area contributed by atoms with Crippen LogP contribution in [0.25, 0.3) is 0 Å². The minimum atomic E-state index is -1.29. The predicted molar refractivity (Wildman–Crippen MR) is 249 cm³/mol. The van der Waals surface area contributed by atoms with E-state index in [0.29, 0.717) is 38.6 Å². The number of carbonyl (C=O) groups excluding carboxylic acids is 8. The third-order valence-corrected chi connectivity index (χ3v) is 10.6. The molecular weight excluding hydrogens is 845 g/mol. The van der Waals surface area contributed by atoms with Crippen LogP contribution in [0.1, 0.15) is 119 Å². The quantitative estimate of drug-likeness (QED) is 0.0178. The van der Waals surface area contributed by atoms with Crippen molar-refractivity contribution in [3.63, 3.8) is 0 Å². The number of unbranched alkanes of at least 4 members (excludes halogenated alkanes) is 1. The van der Waals surface area contributed by atoms with Crippen LogP contribution in [0.3, 0.4) is 0 Å². The first-order chi connectivity index (χ1) is 30.4. The van der Waals surface area contributed by atoms with Crippen LogP contribution in [0, 0.1) is 10.8 Å². The van der Waals surface area contributed by atoms with E-state index in [1.165, 1.54) is 6.92 Å². The molecule has 0 aromatic rings. The van der Waals surface area contributed by atoms with Gasteiger partial charge in [-0.2, -0.15) is 0 Å². The Hall–Kier alpha value is -6.23. The standard InChI is InChI=1S/C41H78N16O8/c1-8-40(4,5)35(64)48-19-11-10-15-26(25(3)58)54-30(59)23-52-32(61)27(16-12-20-49-37(42)43)56-34(63)29(18-14-22-51-39(46)47)57-33(62)28(17-13-21-50-38(44)45)55-31(60)24-53-36(65)41(6,7)9-2/h26-29H,8-24H2,1-7H3,(H,48,64)(H,52,61)(H,53,65)(H,54,59)(H,55,60)(H,56,63)(H,57,62)(H4,42,43,49)(H4,44,45,50)(H4,46,47,51). The van der Waals surface area contributed by atoms with Crippen molar-refractivity contribution >= 4 is 65.0 Å². The fourth-order valence-electron chi connectivity index (χ4n) is 5.66. The summed E-state index contributed by atoms with van der Waals surface area (Å²) in [5.74, 6) is -4.92. The Morgan fingerprint density at radius 2 is 0.815 bits per heavy atom. The average Bonchev–Trinajstić information content (AvgIpc) is 3.23. The van der Waals surface area contributed by atoms with Gasteiger partial charge >= 0.3 is 0 Å². The molecule has 0 spiro atoms. The molecule has 24 nitrogen and oxygen atoms in total. The van der Waals surface area contributed by atoms with Crippen LogP contribution < -0.4 is 71.6 Å². The lowest BCUT2D eigenvalue weighted by atomic mass is 9.89. The number of nitrogens with two attached hydrogens (primary N) is 6. The molecule has 0 fully saturated rings. The lowest BCUT2D eigenvalue weighted by molar-refractivity contribution is -0.135. The van der Waals surface area contributed by atoms with Gasteiger partial charge in [0.05, 0.1) is 19.1 Å². The number of hydrogen-bond acceptors (Lipinski definition) is 11. The van der Waals surface area contributed by atoms with Crippen molar-refractivity contribution in [3.8, 4) is 0 Å². The zero-order valence-corrected chi connectivity index (χ0v) is 39.4. The van der Waals surface area contributed by atoms with Crippen molar-refractivity contribution in [2.45, 2.75) is 143 Å². The molecule has 370 valence electrons. The molecule has 7 amide bonds. The summed E-state index contributed by atoms with van der Waals surface area (Å²) in [7, 11) is 0. The van der Waals surface area contributed by atoms with Crippen LogP contribution in [-0.2, 0) is 38.4 Å². The molecule has 19 N–H and O–H groups in total. The third kappa shape index (κ3) is 26.2. The van der Waals surface area contributed by atoms with Crippen molar-refractivity contribution in [2.24, 2.45) is 60.2 Å². The fraction of sp³-hybridized carbons (Fsp3) is 0.732. The Morgan fingerprint density at radius 1 is 0.462 bits per heavy atom. The van der Waals surface area contributed by atoms with Crippen LogP contribution in [0.4, 0.5) is 0 Å². The first-order valence-corrected chi connectivity index (χ1v) is 22.1. The SMILES string of the molecule is CCC(C)(C)C(=O)NCCCCC(NC(=O)CNC(=O)C(CCCN=C(N)N)NC(=O)C(CCCN=C(N)N)NC(=O)C(CCCN=C(N)N)NC(=O)CNC(=O)C(C)(C)CC)C(C)=O. The van der Waals surface area contributed by atoms with Crippen LogP contribution >= 0.6 is 0 Å². The summed E-state index contributed by atoms with van der Waals surface area (Å²) in [6.45, 7) is 12.0. The fourth-order valence-corrected chi connectivity index (χ4v) is 5.66. The number of carbonyl (C=O) groups is 8. The highest BCUT2D eigenvalue weighted by Crippen LogP contribution is 2.20. The molecule has 0 bridgehead atoms. The topological polar surface area (TPSA) is 414 Å². The van der Waals surface area contributed by atoms with Gasteiger partial charge in [-0.25, -0.2) is 0 Å². The maximum Gasteiger partial charge on any atom is 0.243 e. The first-order valence-electron chi connectivity index (χ1n) is 22.1. The van der Waals surface area contributed by atoms with Gasteiger partial charge in [-0.1, -0.05) is 41.5 Å². The molecule has 4 atom stereocenters. The van der Waals surface area contributed by atoms with Crippen molar-refractivity contribution < 1.29 is 38.4 Å². The molecule has 0 heterocycles. The Bertz CT molecular complexity index is 1670. The monoisotopic (exact) mass is 923 g/mol. The molecule has 0 aliphatic rings. The lowest BCUT2D eigenvalue weighted by Gasteiger charge is -2.26. The van der Waals surface area contributed by atoms with Crippen molar-refractivity contribution in [1.82, 2.24) is 37.2 Å². The number of Topliss-reactive ketones (excluding diaryl/α,β-unsaturated/α-hetero) is 1. The minimum absolute atomic E-state index is 0.00326. The Labute approximate surface area is 382 Å². The highest BCUT2D eigenvalue weighted by atomic mass is 16.2. The Balaban J connectivity index is 6.15. The molecular formula is C41H78N16O8. The van der Waals surface area contributed by atoms with E-state index in [9.17, 15) is 38.4 Å². The summed E-state index contributed by atoms with van der Waals surface area (Å²) in [5, 5.41) is 18.5. The summed E-state index contributed by atoms with van der Waals surface area (Å²) in [6.07, 6.45) is 3.25. The number of hydrogen-bond donors (Lipinski definition) is 13. The molecule has 65 heavy (non-hydrogen) atoms. The van der Waals surface area contributed by atoms with Gasteiger partial charge < -0.3 is 71.6 Å². The van der Waals surface area contributed by atoms with Gasteiger partial charge in [-0.3, -0.25) is 53.3 Å². The number of guanidine groups is 3. The van der Waals surface area contributed by atoms with Gasteiger partial charge in [0, 0.05) is 37.0 Å². The van der Waals surface area contributed by atoms with E-state index >= 15 is 0 Å². The van der Waals surface area contributed by atoms with E-state index in [2.05, 4.69) is 52.2 Å². The smallest absolute Gasteiger partial charge is 0.243 e. The van der Waals surface area contributed by atoms with Gasteiger partial charge in [0.1, 0.15) is 18.1 Å². The highest BCUT2D eigenvalue weighted by Gasteiger charge is 2.31. The Morgan fingerprint density at radius 3 is 1.22 bits per heavy atom. The second kappa shape index (κ2) is 30.8. The number of nitrogens with one attached hydrogen (secondary N) is 7. The third-order valence-electron chi connectivity index (χ3n) is 10.6. The zero-order chi connectivity index (χ0) is 49.8.